The third-order valence-electron chi connectivity index (χ3n) is 4.58. The van der Waals surface area contributed by atoms with E-state index >= 15 is 0 Å². The molecule has 1 aliphatic rings. The van der Waals surface area contributed by atoms with E-state index < -0.39 is 0 Å². The zero-order valence-electron chi connectivity index (χ0n) is 15.0. The average Bonchev–Trinajstić information content (AvgIpc) is 3.17. The van der Waals surface area contributed by atoms with E-state index in [2.05, 4.69) is 62.1 Å². The van der Waals surface area contributed by atoms with Crippen LogP contribution in [0.4, 0.5) is 0 Å². The molecule has 1 atom stereocenters. The van der Waals surface area contributed by atoms with Crippen molar-refractivity contribution < 1.29 is 4.74 Å². The van der Waals surface area contributed by atoms with Crippen LogP contribution in [0.1, 0.15) is 34.4 Å². The molecule has 3 rings (SSSR count). The van der Waals surface area contributed by atoms with Gasteiger partial charge in [-0.1, -0.05) is 17.7 Å². The van der Waals surface area contributed by atoms with Gasteiger partial charge in [0.2, 0.25) is 5.90 Å². The number of aliphatic imine (C=N–C) groups is 1. The fraction of sp³-hybridized carbons (Fsp3) is 0.450. The van der Waals surface area contributed by atoms with Crippen LogP contribution in [0.15, 0.2) is 35.5 Å². The summed E-state index contributed by atoms with van der Waals surface area (Å²) in [5, 5.41) is 0. The molecule has 3 nitrogen and oxygen atoms in total. The molecule has 0 fully saturated rings. The van der Waals surface area contributed by atoms with Crippen molar-refractivity contribution in [2.24, 2.45) is 4.99 Å². The third-order valence-corrected chi connectivity index (χ3v) is 5.23. The summed E-state index contributed by atoms with van der Waals surface area (Å²) >= 11 is 1.87. The summed E-state index contributed by atoms with van der Waals surface area (Å²) in [6.45, 7) is 8.11. The maximum atomic E-state index is 5.88. The molecule has 1 aromatic heterocycles. The minimum Gasteiger partial charge on any atom is -0.474 e. The summed E-state index contributed by atoms with van der Waals surface area (Å²) < 4.78 is 8.14. The molecule has 0 N–H and O–H groups in total. The first-order valence-corrected chi connectivity index (χ1v) is 9.89. The van der Waals surface area contributed by atoms with E-state index in [9.17, 15) is 0 Å². The molecule has 128 valence electrons. The molecule has 24 heavy (non-hydrogen) atoms. The van der Waals surface area contributed by atoms with E-state index in [1.165, 1.54) is 22.3 Å². The summed E-state index contributed by atoms with van der Waals surface area (Å²) in [6, 6.07) is 9.00. The quantitative estimate of drug-likeness (QED) is 0.780. The Bertz CT molecular complexity index is 725. The van der Waals surface area contributed by atoms with E-state index in [-0.39, 0.29) is 0 Å². The largest absolute Gasteiger partial charge is 0.474 e. The molecule has 0 bridgehead atoms. The highest BCUT2D eigenvalue weighted by molar-refractivity contribution is 7.98. The minimum absolute atomic E-state index is 0.304. The predicted molar refractivity (Wildman–Crippen MR) is 103 cm³/mol. The normalized spacial score (nSPS) is 17.0. The van der Waals surface area contributed by atoms with Crippen molar-refractivity contribution in [1.82, 2.24) is 4.57 Å². The Morgan fingerprint density at radius 2 is 2.00 bits per heavy atom. The fourth-order valence-electron chi connectivity index (χ4n) is 3.33. The van der Waals surface area contributed by atoms with Gasteiger partial charge in [0, 0.05) is 12.7 Å². The van der Waals surface area contributed by atoms with E-state index in [1.807, 2.05) is 11.8 Å². The smallest absolute Gasteiger partial charge is 0.233 e. The van der Waals surface area contributed by atoms with Crippen molar-refractivity contribution in [2.75, 3.05) is 18.6 Å². The summed E-state index contributed by atoms with van der Waals surface area (Å²) in [5.41, 5.74) is 6.48. The first-order chi connectivity index (χ1) is 11.6. The number of aryl methyl sites for hydroxylation is 3. The lowest BCUT2D eigenvalue weighted by molar-refractivity contribution is 0.314. The van der Waals surface area contributed by atoms with Crippen molar-refractivity contribution in [3.63, 3.8) is 0 Å². The molecular weight excluding hydrogens is 316 g/mol. The molecule has 1 aromatic carbocycles. The lowest BCUT2D eigenvalue weighted by Gasteiger charge is -2.14. The van der Waals surface area contributed by atoms with Crippen LogP contribution in [0.25, 0.3) is 0 Å². The Balaban J connectivity index is 1.82. The monoisotopic (exact) mass is 342 g/mol. The lowest BCUT2D eigenvalue weighted by Crippen LogP contribution is -2.12. The Kier molecular flexibility index (Phi) is 5.34. The van der Waals surface area contributed by atoms with Crippen LogP contribution in [0.2, 0.25) is 0 Å². The second-order valence-electron chi connectivity index (χ2n) is 6.58. The molecule has 0 saturated carbocycles. The standard InChI is InChI=1S/C20H26N2OS/c1-14-10-15(2)18(16(3)11-14)12-22-8-5-6-19(22)20-21-17(13-23-20)7-9-24-4/h5-6,8,10-11,17H,7,9,12-13H2,1-4H3/t17-/m0/s1. The highest BCUT2D eigenvalue weighted by Crippen LogP contribution is 2.21. The van der Waals surface area contributed by atoms with Crippen LogP contribution in [0, 0.1) is 20.8 Å². The Hall–Kier alpha value is -1.68. The number of rotatable bonds is 6. The van der Waals surface area contributed by atoms with Crippen molar-refractivity contribution in [2.45, 2.75) is 39.8 Å². The first kappa shape index (κ1) is 17.2. The molecule has 0 spiro atoms. The van der Waals surface area contributed by atoms with Crippen LogP contribution < -0.4 is 0 Å². The van der Waals surface area contributed by atoms with Crippen molar-refractivity contribution in [3.8, 4) is 0 Å². The molecule has 2 heterocycles. The van der Waals surface area contributed by atoms with Gasteiger partial charge >= 0.3 is 0 Å². The molecule has 0 saturated heterocycles. The second-order valence-corrected chi connectivity index (χ2v) is 7.56. The average molecular weight is 343 g/mol. The number of aromatic nitrogens is 1. The number of ether oxygens (including phenoxy) is 1. The minimum atomic E-state index is 0.304. The van der Waals surface area contributed by atoms with Gasteiger partial charge in [0.15, 0.2) is 0 Å². The molecule has 0 aliphatic carbocycles. The highest BCUT2D eigenvalue weighted by Gasteiger charge is 2.22. The first-order valence-electron chi connectivity index (χ1n) is 8.50. The molecule has 4 heteroatoms. The Morgan fingerprint density at radius 3 is 2.71 bits per heavy atom. The molecule has 0 unspecified atom stereocenters. The van der Waals surface area contributed by atoms with Gasteiger partial charge < -0.3 is 9.30 Å². The number of thioether (sulfide) groups is 1. The number of nitrogens with zero attached hydrogens (tertiary/aromatic N) is 2. The number of hydrogen-bond donors (Lipinski definition) is 0. The van der Waals surface area contributed by atoms with Gasteiger partial charge in [-0.25, -0.2) is 4.99 Å². The summed E-state index contributed by atoms with van der Waals surface area (Å²) in [6.07, 6.45) is 5.34. The lowest BCUT2D eigenvalue weighted by atomic mass is 10.00. The molecule has 2 aromatic rings. The van der Waals surface area contributed by atoms with Gasteiger partial charge in [-0.2, -0.15) is 11.8 Å². The predicted octanol–water partition coefficient (Wildman–Crippen LogP) is 4.36. The van der Waals surface area contributed by atoms with Gasteiger partial charge in [0.1, 0.15) is 12.3 Å². The molecule has 1 aliphatic heterocycles. The number of hydrogen-bond acceptors (Lipinski definition) is 3. The zero-order chi connectivity index (χ0) is 17.1. The van der Waals surface area contributed by atoms with Crippen LogP contribution >= 0.6 is 11.8 Å². The van der Waals surface area contributed by atoms with Gasteiger partial charge in [0.25, 0.3) is 0 Å². The maximum absolute atomic E-state index is 5.88. The second kappa shape index (κ2) is 7.47. The Labute approximate surface area is 149 Å². The van der Waals surface area contributed by atoms with E-state index in [0.717, 1.165) is 30.3 Å². The zero-order valence-corrected chi connectivity index (χ0v) is 15.8. The van der Waals surface area contributed by atoms with Crippen LogP contribution in [0.5, 0.6) is 0 Å². The van der Waals surface area contributed by atoms with Gasteiger partial charge in [-0.3, -0.25) is 0 Å². The van der Waals surface area contributed by atoms with Gasteiger partial charge in [-0.15, -0.1) is 0 Å². The Morgan fingerprint density at radius 1 is 1.25 bits per heavy atom. The molecule has 0 amide bonds. The van der Waals surface area contributed by atoms with Crippen molar-refractivity contribution in [3.05, 3.63) is 58.4 Å². The summed E-state index contributed by atoms with van der Waals surface area (Å²) in [4.78, 5) is 4.79. The third kappa shape index (κ3) is 3.69. The van der Waals surface area contributed by atoms with Crippen molar-refractivity contribution >= 4 is 17.7 Å². The topological polar surface area (TPSA) is 26.5 Å². The fourth-order valence-corrected chi connectivity index (χ4v) is 3.84. The SMILES string of the molecule is CSCC[C@H]1COC(c2cccn2Cc2c(C)cc(C)cc2C)=N1. The van der Waals surface area contributed by atoms with Gasteiger partial charge in [0.05, 0.1) is 6.04 Å². The molecule has 0 radical (unpaired) electrons. The van der Waals surface area contributed by atoms with E-state index in [4.69, 9.17) is 9.73 Å². The van der Waals surface area contributed by atoms with E-state index in [1.54, 1.807) is 0 Å². The molecular formula is C20H26N2OS. The highest BCUT2D eigenvalue weighted by atomic mass is 32.2. The van der Waals surface area contributed by atoms with Crippen LogP contribution in [-0.2, 0) is 11.3 Å². The maximum Gasteiger partial charge on any atom is 0.233 e. The summed E-state index contributed by atoms with van der Waals surface area (Å²) in [7, 11) is 0. The van der Waals surface area contributed by atoms with Crippen LogP contribution in [-0.4, -0.2) is 35.1 Å². The van der Waals surface area contributed by atoms with Crippen LogP contribution in [0.3, 0.4) is 0 Å². The summed E-state index contributed by atoms with van der Waals surface area (Å²) in [5.74, 6) is 1.93. The number of benzene rings is 1. The van der Waals surface area contributed by atoms with Crippen molar-refractivity contribution in [1.29, 1.82) is 0 Å². The van der Waals surface area contributed by atoms with Gasteiger partial charge in [-0.05, 0) is 68.0 Å². The van der Waals surface area contributed by atoms with E-state index in [0.29, 0.717) is 12.6 Å².